The van der Waals surface area contributed by atoms with Crippen LogP contribution in [0.1, 0.15) is 32.3 Å². The number of guanidine groups is 1. The molecular weight excluding hydrogens is 349 g/mol. The Morgan fingerprint density at radius 2 is 2.04 bits per heavy atom. The molecule has 1 atom stereocenters. The van der Waals surface area contributed by atoms with Crippen LogP contribution in [0.5, 0.6) is 0 Å². The average molecular weight is 375 g/mol. The number of hydrogen-bond acceptors (Lipinski definition) is 3. The number of nitrogens with one attached hydrogen (secondary N) is 3. The number of likely N-dealkylation sites (tertiary alicyclic amines) is 1. The Morgan fingerprint density at radius 3 is 2.63 bits per heavy atom. The van der Waals surface area contributed by atoms with Gasteiger partial charge in [-0.25, -0.2) is 14.2 Å². The largest absolute Gasteiger partial charge is 0.357 e. The monoisotopic (exact) mass is 375 g/mol. The van der Waals surface area contributed by atoms with Crippen LogP contribution in [-0.4, -0.2) is 48.0 Å². The van der Waals surface area contributed by atoms with Crippen LogP contribution in [0.4, 0.5) is 9.18 Å². The molecule has 146 valence electrons. The summed E-state index contributed by atoms with van der Waals surface area (Å²) in [6.45, 7) is 6.19. The van der Waals surface area contributed by atoms with E-state index in [4.69, 9.17) is 0 Å². The number of benzene rings is 1. The molecule has 0 radical (unpaired) electrons. The summed E-state index contributed by atoms with van der Waals surface area (Å²) in [5, 5.41) is 8.35. The van der Waals surface area contributed by atoms with Crippen LogP contribution in [-0.2, 0) is 11.3 Å². The molecule has 1 unspecified atom stereocenters. The van der Waals surface area contributed by atoms with E-state index in [1.165, 1.54) is 6.07 Å². The Labute approximate surface area is 158 Å². The normalized spacial score (nSPS) is 24.0. The van der Waals surface area contributed by atoms with Crippen molar-refractivity contribution < 1.29 is 14.0 Å². The first-order chi connectivity index (χ1) is 12.9. The Bertz CT molecular complexity index is 745. The fourth-order valence-corrected chi connectivity index (χ4v) is 3.73. The number of amides is 3. The second-order valence-corrected chi connectivity index (χ2v) is 7.13. The van der Waals surface area contributed by atoms with E-state index in [9.17, 15) is 14.0 Å². The van der Waals surface area contributed by atoms with E-state index in [0.29, 0.717) is 25.2 Å². The number of urea groups is 1. The first-order valence-electron chi connectivity index (χ1n) is 9.34. The van der Waals surface area contributed by atoms with Crippen molar-refractivity contribution in [2.45, 2.75) is 38.8 Å². The van der Waals surface area contributed by atoms with Crippen LogP contribution in [0.3, 0.4) is 0 Å². The van der Waals surface area contributed by atoms with Crippen LogP contribution < -0.4 is 16.0 Å². The van der Waals surface area contributed by atoms with Gasteiger partial charge in [0, 0.05) is 25.2 Å². The number of nitrogens with zero attached hydrogens (tertiary/aromatic N) is 2. The van der Waals surface area contributed by atoms with Gasteiger partial charge in [0.05, 0.1) is 6.54 Å². The number of carbonyl (C=O) groups excluding carboxylic acids is 2. The molecule has 1 aromatic rings. The summed E-state index contributed by atoms with van der Waals surface area (Å²) < 4.78 is 13.8. The molecule has 2 saturated heterocycles. The molecule has 0 bridgehead atoms. The van der Waals surface area contributed by atoms with Gasteiger partial charge in [0.25, 0.3) is 5.91 Å². The lowest BCUT2D eigenvalue weighted by atomic mass is 9.79. The summed E-state index contributed by atoms with van der Waals surface area (Å²) in [6.07, 6.45) is 1.52. The van der Waals surface area contributed by atoms with Gasteiger partial charge in [0.1, 0.15) is 11.4 Å². The van der Waals surface area contributed by atoms with Crippen molar-refractivity contribution in [1.29, 1.82) is 0 Å². The number of hydrogen-bond donors (Lipinski definition) is 3. The standard InChI is InChI=1S/C19H26FN5O2/c1-3-21-17(22-12-13-6-4-5-7-15(13)20)25-10-8-14(9-11-25)19(2)16(26)23-18(27)24-19/h4-7,14H,3,8-12H2,1-2H3,(H,21,22)(H2,23,24,26,27). The molecule has 2 heterocycles. The van der Waals surface area contributed by atoms with Crippen LogP contribution in [0.15, 0.2) is 29.3 Å². The molecule has 3 rings (SSSR count). The SMILES string of the molecule is CCNC(=NCc1ccccc1F)N1CCC(C2(C)NC(=O)NC2=O)CC1. The molecule has 1 aromatic carbocycles. The highest BCUT2D eigenvalue weighted by Gasteiger charge is 2.48. The van der Waals surface area contributed by atoms with Crippen molar-refractivity contribution in [3.8, 4) is 0 Å². The second kappa shape index (κ2) is 7.94. The number of halogens is 1. The first kappa shape index (κ1) is 19.1. The number of imide groups is 1. The topological polar surface area (TPSA) is 85.8 Å². The number of rotatable bonds is 4. The van der Waals surface area contributed by atoms with Crippen LogP contribution in [0.25, 0.3) is 0 Å². The number of piperidine rings is 1. The Kier molecular flexibility index (Phi) is 5.62. The molecule has 3 N–H and O–H groups in total. The zero-order chi connectivity index (χ0) is 19.4. The van der Waals surface area contributed by atoms with Gasteiger partial charge in [-0.15, -0.1) is 0 Å². The van der Waals surface area contributed by atoms with Crippen LogP contribution >= 0.6 is 0 Å². The van der Waals surface area contributed by atoms with E-state index in [0.717, 1.165) is 18.8 Å². The van der Waals surface area contributed by atoms with Gasteiger partial charge in [-0.05, 0) is 38.7 Å². The van der Waals surface area contributed by atoms with Crippen LogP contribution in [0, 0.1) is 11.7 Å². The lowest BCUT2D eigenvalue weighted by molar-refractivity contribution is -0.125. The van der Waals surface area contributed by atoms with Crippen molar-refractivity contribution in [3.63, 3.8) is 0 Å². The Morgan fingerprint density at radius 1 is 1.33 bits per heavy atom. The van der Waals surface area contributed by atoms with Gasteiger partial charge in [-0.2, -0.15) is 0 Å². The fourth-order valence-electron chi connectivity index (χ4n) is 3.73. The molecule has 2 aliphatic rings. The summed E-state index contributed by atoms with van der Waals surface area (Å²) in [4.78, 5) is 30.3. The van der Waals surface area contributed by atoms with Gasteiger partial charge >= 0.3 is 6.03 Å². The quantitative estimate of drug-likeness (QED) is 0.424. The second-order valence-electron chi connectivity index (χ2n) is 7.13. The molecule has 0 aromatic heterocycles. The number of aliphatic imine (C=N–C) groups is 1. The molecule has 2 aliphatic heterocycles. The van der Waals surface area contributed by atoms with Crippen molar-refractivity contribution in [2.75, 3.05) is 19.6 Å². The minimum atomic E-state index is -0.855. The Hall–Kier alpha value is -2.64. The summed E-state index contributed by atoms with van der Waals surface area (Å²) >= 11 is 0. The maximum atomic E-state index is 13.8. The van der Waals surface area contributed by atoms with E-state index in [-0.39, 0.29) is 24.2 Å². The van der Waals surface area contributed by atoms with E-state index in [1.807, 2.05) is 6.92 Å². The molecule has 0 saturated carbocycles. The van der Waals surface area contributed by atoms with Gasteiger partial charge in [-0.3, -0.25) is 10.1 Å². The summed E-state index contributed by atoms with van der Waals surface area (Å²) in [6, 6.07) is 6.21. The maximum Gasteiger partial charge on any atom is 0.322 e. The first-order valence-corrected chi connectivity index (χ1v) is 9.34. The predicted octanol–water partition coefficient (Wildman–Crippen LogP) is 1.60. The third-order valence-corrected chi connectivity index (χ3v) is 5.37. The smallest absolute Gasteiger partial charge is 0.322 e. The maximum absolute atomic E-state index is 13.8. The molecule has 3 amide bonds. The van der Waals surface area contributed by atoms with Crippen molar-refractivity contribution in [3.05, 3.63) is 35.6 Å². The number of carbonyl (C=O) groups is 2. The van der Waals surface area contributed by atoms with Gasteiger partial charge < -0.3 is 15.5 Å². The van der Waals surface area contributed by atoms with E-state index in [1.54, 1.807) is 25.1 Å². The highest BCUT2D eigenvalue weighted by atomic mass is 19.1. The molecule has 8 heteroatoms. The van der Waals surface area contributed by atoms with E-state index >= 15 is 0 Å². The highest BCUT2D eigenvalue weighted by molar-refractivity contribution is 6.07. The molecule has 0 aliphatic carbocycles. The van der Waals surface area contributed by atoms with Crippen LogP contribution in [0.2, 0.25) is 0 Å². The molecule has 7 nitrogen and oxygen atoms in total. The van der Waals surface area contributed by atoms with Gasteiger partial charge in [-0.1, -0.05) is 18.2 Å². The molecule has 27 heavy (non-hydrogen) atoms. The van der Waals surface area contributed by atoms with Crippen molar-refractivity contribution in [2.24, 2.45) is 10.9 Å². The fraction of sp³-hybridized carbons (Fsp3) is 0.526. The van der Waals surface area contributed by atoms with Gasteiger partial charge in [0.2, 0.25) is 0 Å². The molecule has 2 fully saturated rings. The van der Waals surface area contributed by atoms with Crippen molar-refractivity contribution in [1.82, 2.24) is 20.9 Å². The van der Waals surface area contributed by atoms with E-state index < -0.39 is 11.6 Å². The lowest BCUT2D eigenvalue weighted by Crippen LogP contribution is -2.55. The zero-order valence-electron chi connectivity index (χ0n) is 15.7. The summed E-state index contributed by atoms with van der Waals surface area (Å²) in [5.41, 5.74) is -0.299. The minimum Gasteiger partial charge on any atom is -0.357 e. The minimum absolute atomic E-state index is 0.0645. The summed E-state index contributed by atoms with van der Waals surface area (Å²) in [5.74, 6) is 0.289. The third-order valence-electron chi connectivity index (χ3n) is 5.37. The molecule has 0 spiro atoms. The predicted molar refractivity (Wildman–Crippen MR) is 101 cm³/mol. The zero-order valence-corrected chi connectivity index (χ0v) is 15.7. The summed E-state index contributed by atoms with van der Waals surface area (Å²) in [7, 11) is 0. The lowest BCUT2D eigenvalue weighted by Gasteiger charge is -2.39. The average Bonchev–Trinajstić information content (AvgIpc) is 2.93. The van der Waals surface area contributed by atoms with Gasteiger partial charge in [0.15, 0.2) is 5.96 Å². The molecular formula is C19H26FN5O2. The Balaban J connectivity index is 1.65. The third kappa shape index (κ3) is 4.04. The van der Waals surface area contributed by atoms with E-state index in [2.05, 4.69) is 25.8 Å². The van der Waals surface area contributed by atoms with Crippen molar-refractivity contribution >= 4 is 17.9 Å². The highest BCUT2D eigenvalue weighted by Crippen LogP contribution is 2.30.